The van der Waals surface area contributed by atoms with Crippen LogP contribution in [0.5, 0.6) is 0 Å². The van der Waals surface area contributed by atoms with E-state index >= 15 is 0 Å². The molecular formula is C14H30N2O2. The molecule has 0 saturated carbocycles. The Morgan fingerprint density at radius 2 is 2.00 bits per heavy atom. The summed E-state index contributed by atoms with van der Waals surface area (Å²) in [5.41, 5.74) is 5.95. The predicted molar refractivity (Wildman–Crippen MR) is 75.4 cm³/mol. The lowest BCUT2D eigenvalue weighted by Crippen LogP contribution is -2.30. The number of carbonyl (C=O) groups excluding carboxylic acids is 1. The van der Waals surface area contributed by atoms with E-state index in [2.05, 4.69) is 18.7 Å². The van der Waals surface area contributed by atoms with Gasteiger partial charge in [0.2, 0.25) is 0 Å². The fourth-order valence-electron chi connectivity index (χ4n) is 1.92. The van der Waals surface area contributed by atoms with Crippen molar-refractivity contribution in [2.24, 2.45) is 17.1 Å². The van der Waals surface area contributed by atoms with Crippen LogP contribution in [0.25, 0.3) is 0 Å². The van der Waals surface area contributed by atoms with Crippen LogP contribution in [-0.2, 0) is 9.53 Å². The van der Waals surface area contributed by atoms with E-state index < -0.39 is 0 Å². The third kappa shape index (κ3) is 7.67. The summed E-state index contributed by atoms with van der Waals surface area (Å²) in [7, 11) is 3.49. The molecule has 0 aromatic heterocycles. The third-order valence-electron chi connectivity index (χ3n) is 3.39. The van der Waals surface area contributed by atoms with Gasteiger partial charge in [-0.25, -0.2) is 0 Å². The third-order valence-corrected chi connectivity index (χ3v) is 3.39. The molecule has 0 heterocycles. The van der Waals surface area contributed by atoms with E-state index in [0.29, 0.717) is 0 Å². The minimum Gasteiger partial charge on any atom is -0.469 e. The molecule has 4 nitrogen and oxygen atoms in total. The van der Waals surface area contributed by atoms with Crippen molar-refractivity contribution in [2.45, 2.75) is 40.0 Å². The first kappa shape index (κ1) is 17.4. The molecule has 1 atom stereocenters. The van der Waals surface area contributed by atoms with Gasteiger partial charge in [0.15, 0.2) is 0 Å². The number of hydrogen-bond acceptors (Lipinski definition) is 4. The summed E-state index contributed by atoms with van der Waals surface area (Å²) in [4.78, 5) is 13.5. The van der Waals surface area contributed by atoms with Gasteiger partial charge in [-0.15, -0.1) is 0 Å². The van der Waals surface area contributed by atoms with Crippen molar-refractivity contribution in [1.82, 2.24) is 4.90 Å². The highest BCUT2D eigenvalue weighted by molar-refractivity contribution is 5.71. The lowest BCUT2D eigenvalue weighted by molar-refractivity contribution is -0.145. The summed E-state index contributed by atoms with van der Waals surface area (Å²) in [6.07, 6.45) is 3.48. The largest absolute Gasteiger partial charge is 0.469 e. The van der Waals surface area contributed by atoms with Crippen LogP contribution in [0, 0.1) is 11.3 Å². The lowest BCUT2D eigenvalue weighted by Gasteiger charge is -2.23. The zero-order valence-electron chi connectivity index (χ0n) is 12.7. The molecule has 0 fully saturated rings. The number of nitrogens with two attached hydrogens (primary N) is 1. The summed E-state index contributed by atoms with van der Waals surface area (Å²) in [5, 5.41) is 0. The fraction of sp³-hybridized carbons (Fsp3) is 0.929. The van der Waals surface area contributed by atoms with E-state index in [4.69, 9.17) is 10.5 Å². The average Bonchev–Trinajstić information content (AvgIpc) is 2.33. The highest BCUT2D eigenvalue weighted by Crippen LogP contribution is 2.21. The van der Waals surface area contributed by atoms with E-state index in [-0.39, 0.29) is 17.3 Å². The Morgan fingerprint density at radius 1 is 1.39 bits per heavy atom. The molecule has 2 N–H and O–H groups in total. The summed E-state index contributed by atoms with van der Waals surface area (Å²) in [6.45, 7) is 8.82. The van der Waals surface area contributed by atoms with Crippen molar-refractivity contribution < 1.29 is 9.53 Å². The number of nitrogens with zero attached hydrogens (tertiary/aromatic N) is 1. The van der Waals surface area contributed by atoms with Gasteiger partial charge in [0.1, 0.15) is 0 Å². The highest BCUT2D eigenvalue weighted by atomic mass is 16.5. The van der Waals surface area contributed by atoms with Gasteiger partial charge in [-0.3, -0.25) is 4.79 Å². The number of unbranched alkanes of at least 4 members (excludes halogenated alkanes) is 1. The van der Waals surface area contributed by atoms with Gasteiger partial charge in [0, 0.05) is 6.54 Å². The maximum absolute atomic E-state index is 11.3. The normalized spacial score (nSPS) is 13.7. The molecule has 0 aliphatic carbocycles. The van der Waals surface area contributed by atoms with Gasteiger partial charge in [0.05, 0.1) is 13.0 Å². The Hall–Kier alpha value is -0.610. The summed E-state index contributed by atoms with van der Waals surface area (Å²) in [6, 6.07) is 0. The van der Waals surface area contributed by atoms with Crippen molar-refractivity contribution in [3.05, 3.63) is 0 Å². The Bertz CT molecular complexity index is 242. The number of ether oxygens (including phenoxy) is 1. The van der Waals surface area contributed by atoms with Gasteiger partial charge in [0.25, 0.3) is 0 Å². The number of carbonyl (C=O) groups is 1. The van der Waals surface area contributed by atoms with Crippen LogP contribution in [0.15, 0.2) is 0 Å². The van der Waals surface area contributed by atoms with Gasteiger partial charge in [-0.2, -0.15) is 0 Å². The molecule has 0 aliphatic rings. The first-order chi connectivity index (χ1) is 8.32. The van der Waals surface area contributed by atoms with Gasteiger partial charge in [-0.1, -0.05) is 27.2 Å². The SMILES string of the molecule is COC(=O)C(C)CN(C)CCCCC(C)(C)CN. The van der Waals surface area contributed by atoms with Crippen molar-refractivity contribution in [1.29, 1.82) is 0 Å². The van der Waals surface area contributed by atoms with E-state index in [0.717, 1.165) is 32.5 Å². The molecular weight excluding hydrogens is 228 g/mol. The van der Waals surface area contributed by atoms with Crippen LogP contribution in [0.4, 0.5) is 0 Å². The smallest absolute Gasteiger partial charge is 0.309 e. The Kier molecular flexibility index (Phi) is 8.20. The van der Waals surface area contributed by atoms with E-state index in [1.54, 1.807) is 0 Å². The van der Waals surface area contributed by atoms with Crippen LogP contribution in [-0.4, -0.2) is 44.7 Å². The molecule has 0 amide bonds. The summed E-state index contributed by atoms with van der Waals surface area (Å²) < 4.78 is 4.72. The lowest BCUT2D eigenvalue weighted by atomic mass is 9.87. The molecule has 0 bridgehead atoms. The molecule has 0 rings (SSSR count). The minimum absolute atomic E-state index is 0.0551. The minimum atomic E-state index is -0.133. The molecule has 108 valence electrons. The predicted octanol–water partition coefficient (Wildman–Crippen LogP) is 1.88. The van der Waals surface area contributed by atoms with Gasteiger partial charge < -0.3 is 15.4 Å². The topological polar surface area (TPSA) is 55.6 Å². The molecule has 4 heteroatoms. The fourth-order valence-corrected chi connectivity index (χ4v) is 1.92. The van der Waals surface area contributed by atoms with Crippen molar-refractivity contribution in [2.75, 3.05) is 33.8 Å². The molecule has 18 heavy (non-hydrogen) atoms. The Balaban J connectivity index is 3.71. The van der Waals surface area contributed by atoms with Gasteiger partial charge in [-0.05, 0) is 38.4 Å². The van der Waals surface area contributed by atoms with Crippen LogP contribution in [0.1, 0.15) is 40.0 Å². The molecule has 0 spiro atoms. The first-order valence-electron chi connectivity index (χ1n) is 6.79. The van der Waals surface area contributed by atoms with Crippen LogP contribution >= 0.6 is 0 Å². The van der Waals surface area contributed by atoms with Crippen LogP contribution in [0.2, 0.25) is 0 Å². The number of methoxy groups -OCH3 is 1. The zero-order chi connectivity index (χ0) is 14.2. The maximum Gasteiger partial charge on any atom is 0.309 e. The van der Waals surface area contributed by atoms with Crippen molar-refractivity contribution in [3.8, 4) is 0 Å². The van der Waals surface area contributed by atoms with Crippen molar-refractivity contribution in [3.63, 3.8) is 0 Å². The summed E-state index contributed by atoms with van der Waals surface area (Å²) in [5.74, 6) is -0.188. The number of rotatable bonds is 9. The molecule has 0 aromatic rings. The number of esters is 1. The molecule has 0 saturated heterocycles. The Labute approximate surface area is 112 Å². The first-order valence-corrected chi connectivity index (χ1v) is 6.79. The van der Waals surface area contributed by atoms with Crippen LogP contribution in [0.3, 0.4) is 0 Å². The van der Waals surface area contributed by atoms with Crippen LogP contribution < -0.4 is 5.73 Å². The second kappa shape index (κ2) is 8.48. The zero-order valence-corrected chi connectivity index (χ0v) is 12.7. The second-order valence-corrected chi connectivity index (χ2v) is 6.01. The molecule has 0 radical (unpaired) electrons. The second-order valence-electron chi connectivity index (χ2n) is 6.01. The van der Waals surface area contributed by atoms with E-state index in [1.165, 1.54) is 13.5 Å². The average molecular weight is 258 g/mol. The standard InChI is InChI=1S/C14H30N2O2/c1-12(13(17)18-5)10-16(4)9-7-6-8-14(2,3)11-15/h12H,6-11,15H2,1-5H3. The maximum atomic E-state index is 11.3. The quantitative estimate of drug-likeness (QED) is 0.507. The molecule has 0 aliphatic heterocycles. The van der Waals surface area contributed by atoms with E-state index in [9.17, 15) is 4.79 Å². The van der Waals surface area contributed by atoms with Crippen molar-refractivity contribution >= 4 is 5.97 Å². The summed E-state index contributed by atoms with van der Waals surface area (Å²) >= 11 is 0. The monoisotopic (exact) mass is 258 g/mol. The number of hydrogen-bond donors (Lipinski definition) is 1. The van der Waals surface area contributed by atoms with E-state index in [1.807, 2.05) is 14.0 Å². The molecule has 1 unspecified atom stereocenters. The Morgan fingerprint density at radius 3 is 2.50 bits per heavy atom. The molecule has 0 aromatic carbocycles. The van der Waals surface area contributed by atoms with Gasteiger partial charge >= 0.3 is 5.97 Å². The highest BCUT2D eigenvalue weighted by Gasteiger charge is 2.16.